The molecule has 4 nitrogen and oxygen atoms in total. The maximum Gasteiger partial charge on any atom is 0.237 e. The van der Waals surface area contributed by atoms with Crippen molar-refractivity contribution in [1.82, 2.24) is 10.6 Å². The Labute approximate surface area is 117 Å². The van der Waals surface area contributed by atoms with Gasteiger partial charge >= 0.3 is 0 Å². The molecule has 0 spiro atoms. The van der Waals surface area contributed by atoms with E-state index in [1.54, 1.807) is 6.92 Å². The molecule has 0 radical (unpaired) electrons. The van der Waals surface area contributed by atoms with Gasteiger partial charge in [-0.15, -0.1) is 0 Å². The number of phenolic OH excluding ortho intramolecular Hbond substituents is 1. The number of hydrogen-bond acceptors (Lipinski definition) is 3. The number of amides is 1. The van der Waals surface area contributed by atoms with Crippen LogP contribution < -0.4 is 10.6 Å². The molecular formula is C14H20F2N2O2. The van der Waals surface area contributed by atoms with Gasteiger partial charge in [-0.1, -0.05) is 0 Å². The molecule has 0 aromatic heterocycles. The molecule has 1 atom stereocenters. The maximum absolute atomic E-state index is 13.1. The van der Waals surface area contributed by atoms with Crippen LogP contribution in [-0.4, -0.2) is 22.6 Å². The van der Waals surface area contributed by atoms with E-state index >= 15 is 0 Å². The summed E-state index contributed by atoms with van der Waals surface area (Å²) in [5, 5.41) is 14.7. The molecule has 112 valence electrons. The van der Waals surface area contributed by atoms with E-state index in [-0.39, 0.29) is 18.0 Å². The first-order valence-corrected chi connectivity index (χ1v) is 6.32. The minimum absolute atomic E-state index is 0.118. The summed E-state index contributed by atoms with van der Waals surface area (Å²) in [7, 11) is 0. The average Bonchev–Trinajstić information content (AvgIpc) is 2.30. The molecule has 1 unspecified atom stereocenters. The third-order valence-electron chi connectivity index (χ3n) is 2.58. The molecule has 0 fully saturated rings. The quantitative estimate of drug-likeness (QED) is 0.794. The summed E-state index contributed by atoms with van der Waals surface area (Å²) in [5.74, 6) is -3.23. The molecule has 1 amide bonds. The SMILES string of the molecule is CC(NCc1cc(F)c(O)c(F)c1)C(=O)NC(C)(C)C. The number of carbonyl (C=O) groups excluding carboxylic acids is 1. The first kappa shape index (κ1) is 16.4. The standard InChI is InChI=1S/C14H20F2N2O2/c1-8(13(20)18-14(2,3)4)17-7-9-5-10(15)12(19)11(16)6-9/h5-6,8,17,19H,7H2,1-4H3,(H,18,20). The largest absolute Gasteiger partial charge is 0.503 e. The maximum atomic E-state index is 13.1. The Morgan fingerprint density at radius 1 is 1.30 bits per heavy atom. The summed E-state index contributed by atoms with van der Waals surface area (Å²) < 4.78 is 26.3. The zero-order chi connectivity index (χ0) is 15.5. The number of halogens is 2. The van der Waals surface area contributed by atoms with E-state index in [0.29, 0.717) is 5.56 Å². The highest BCUT2D eigenvalue weighted by Gasteiger charge is 2.19. The first-order valence-electron chi connectivity index (χ1n) is 6.32. The lowest BCUT2D eigenvalue weighted by atomic mass is 10.1. The van der Waals surface area contributed by atoms with Crippen LogP contribution in [-0.2, 0) is 11.3 Å². The lowest BCUT2D eigenvalue weighted by molar-refractivity contribution is -0.124. The van der Waals surface area contributed by atoms with Crippen LogP contribution >= 0.6 is 0 Å². The molecule has 1 rings (SSSR count). The van der Waals surface area contributed by atoms with Crippen molar-refractivity contribution in [3.8, 4) is 5.75 Å². The fourth-order valence-electron chi connectivity index (χ4n) is 1.56. The topological polar surface area (TPSA) is 61.4 Å². The predicted molar refractivity (Wildman–Crippen MR) is 72.2 cm³/mol. The lowest BCUT2D eigenvalue weighted by Gasteiger charge is -2.23. The summed E-state index contributed by atoms with van der Waals surface area (Å²) in [5.41, 5.74) is -0.0303. The molecule has 0 aliphatic rings. The number of phenols is 1. The smallest absolute Gasteiger partial charge is 0.237 e. The third kappa shape index (κ3) is 4.77. The summed E-state index contributed by atoms with van der Waals surface area (Å²) in [4.78, 5) is 11.8. The van der Waals surface area contributed by atoms with E-state index in [9.17, 15) is 13.6 Å². The van der Waals surface area contributed by atoms with Crippen LogP contribution in [0.15, 0.2) is 12.1 Å². The van der Waals surface area contributed by atoms with Crippen molar-refractivity contribution in [1.29, 1.82) is 0 Å². The monoisotopic (exact) mass is 286 g/mol. The molecule has 0 saturated heterocycles. The molecule has 0 saturated carbocycles. The van der Waals surface area contributed by atoms with Crippen molar-refractivity contribution < 1.29 is 18.7 Å². The van der Waals surface area contributed by atoms with Crippen LogP contribution in [0.4, 0.5) is 8.78 Å². The lowest BCUT2D eigenvalue weighted by Crippen LogP contribution is -2.49. The minimum Gasteiger partial charge on any atom is -0.503 e. The third-order valence-corrected chi connectivity index (χ3v) is 2.58. The van der Waals surface area contributed by atoms with Crippen molar-refractivity contribution in [2.45, 2.75) is 45.8 Å². The Morgan fingerprint density at radius 2 is 1.80 bits per heavy atom. The number of rotatable bonds is 4. The van der Waals surface area contributed by atoms with E-state index < -0.39 is 23.4 Å². The fourth-order valence-corrected chi connectivity index (χ4v) is 1.56. The molecule has 1 aromatic carbocycles. The Hall–Kier alpha value is -1.69. The Bertz CT molecular complexity index is 475. The van der Waals surface area contributed by atoms with Crippen LogP contribution in [0.25, 0.3) is 0 Å². The molecule has 1 aromatic rings. The molecule has 0 bridgehead atoms. The summed E-state index contributed by atoms with van der Waals surface area (Å²) >= 11 is 0. The van der Waals surface area contributed by atoms with Gasteiger partial charge in [-0.05, 0) is 45.4 Å². The van der Waals surface area contributed by atoms with Crippen LogP contribution in [0.2, 0.25) is 0 Å². The normalized spacial score (nSPS) is 13.1. The molecule has 6 heteroatoms. The molecular weight excluding hydrogens is 266 g/mol. The predicted octanol–water partition coefficient (Wildman–Crippen LogP) is 2.06. The second-order valence-corrected chi connectivity index (χ2v) is 5.75. The van der Waals surface area contributed by atoms with Crippen molar-refractivity contribution >= 4 is 5.91 Å². The molecule has 0 heterocycles. The van der Waals surface area contributed by atoms with Gasteiger partial charge in [0.25, 0.3) is 0 Å². The van der Waals surface area contributed by atoms with Gasteiger partial charge in [0.1, 0.15) is 0 Å². The van der Waals surface area contributed by atoms with Crippen molar-refractivity contribution in [2.75, 3.05) is 0 Å². The van der Waals surface area contributed by atoms with Crippen LogP contribution in [0.3, 0.4) is 0 Å². The van der Waals surface area contributed by atoms with Gasteiger partial charge in [0.15, 0.2) is 17.4 Å². The van der Waals surface area contributed by atoms with Crippen molar-refractivity contribution in [3.63, 3.8) is 0 Å². The van der Waals surface area contributed by atoms with Gasteiger partial charge < -0.3 is 15.7 Å². The second-order valence-electron chi connectivity index (χ2n) is 5.75. The highest BCUT2D eigenvalue weighted by atomic mass is 19.1. The van der Waals surface area contributed by atoms with Crippen LogP contribution in [0, 0.1) is 11.6 Å². The van der Waals surface area contributed by atoms with Crippen LogP contribution in [0.5, 0.6) is 5.75 Å². The zero-order valence-corrected chi connectivity index (χ0v) is 12.1. The van der Waals surface area contributed by atoms with Gasteiger partial charge in [0.2, 0.25) is 5.91 Å². The van der Waals surface area contributed by atoms with Crippen molar-refractivity contribution in [3.05, 3.63) is 29.3 Å². The summed E-state index contributed by atoms with van der Waals surface area (Å²) in [6.45, 7) is 7.37. The molecule has 0 aliphatic heterocycles. The molecule has 3 N–H and O–H groups in total. The van der Waals surface area contributed by atoms with Gasteiger partial charge in [0.05, 0.1) is 6.04 Å². The highest BCUT2D eigenvalue weighted by Crippen LogP contribution is 2.21. The van der Waals surface area contributed by atoms with E-state index in [0.717, 1.165) is 12.1 Å². The Balaban J connectivity index is 2.61. The van der Waals surface area contributed by atoms with Gasteiger partial charge in [-0.25, -0.2) is 8.78 Å². The first-order chi connectivity index (χ1) is 9.10. The van der Waals surface area contributed by atoms with E-state index in [1.165, 1.54) is 0 Å². The number of nitrogens with one attached hydrogen (secondary N) is 2. The second kappa shape index (κ2) is 6.17. The summed E-state index contributed by atoms with van der Waals surface area (Å²) in [6, 6.07) is 1.55. The number of aromatic hydroxyl groups is 1. The average molecular weight is 286 g/mol. The zero-order valence-electron chi connectivity index (χ0n) is 12.1. The van der Waals surface area contributed by atoms with Gasteiger partial charge in [0, 0.05) is 12.1 Å². The molecule has 20 heavy (non-hydrogen) atoms. The fraction of sp³-hybridized carbons (Fsp3) is 0.500. The van der Waals surface area contributed by atoms with E-state index in [4.69, 9.17) is 5.11 Å². The number of benzene rings is 1. The highest BCUT2D eigenvalue weighted by molar-refractivity contribution is 5.81. The van der Waals surface area contributed by atoms with E-state index in [1.807, 2.05) is 20.8 Å². The van der Waals surface area contributed by atoms with Gasteiger partial charge in [-0.2, -0.15) is 0 Å². The minimum atomic E-state index is -1.02. The Kier molecular flexibility index (Phi) is 5.05. The van der Waals surface area contributed by atoms with Crippen LogP contribution in [0.1, 0.15) is 33.3 Å². The number of hydrogen-bond donors (Lipinski definition) is 3. The number of carbonyl (C=O) groups is 1. The molecule has 0 aliphatic carbocycles. The Morgan fingerprint density at radius 3 is 2.25 bits per heavy atom. The summed E-state index contributed by atoms with van der Waals surface area (Å²) in [6.07, 6.45) is 0. The van der Waals surface area contributed by atoms with Crippen molar-refractivity contribution in [2.24, 2.45) is 0 Å². The van der Waals surface area contributed by atoms with Gasteiger partial charge in [-0.3, -0.25) is 4.79 Å². The van der Waals surface area contributed by atoms with E-state index in [2.05, 4.69) is 10.6 Å².